The maximum absolute atomic E-state index is 11.1. The molecule has 0 aromatic heterocycles. The number of carbonyl (C=O) groups excluding carboxylic acids is 2. The number of rotatable bonds is 3. The Kier molecular flexibility index (Phi) is 5.35. The van der Waals surface area contributed by atoms with E-state index in [1.54, 1.807) is 6.92 Å². The average Bonchev–Trinajstić information content (AvgIpc) is 2.29. The van der Waals surface area contributed by atoms with E-state index in [0.717, 1.165) is 10.0 Å². The highest BCUT2D eigenvalue weighted by atomic mass is 79.9. The average molecular weight is 299 g/mol. The lowest BCUT2D eigenvalue weighted by Crippen LogP contribution is -2.28. The third-order valence-corrected chi connectivity index (χ3v) is 2.18. The van der Waals surface area contributed by atoms with Crippen LogP contribution in [0.5, 0.6) is 0 Å². The summed E-state index contributed by atoms with van der Waals surface area (Å²) in [6, 6.07) is 7.33. The standard InChI is InChI=1S/C11H11BrN2O3/c1-2-17-11(16)10(15)14-13-7-8-4-3-5-9(12)6-8/h3-7H,2H2,1H3,(H,14,15). The molecule has 1 amide bonds. The van der Waals surface area contributed by atoms with E-state index in [9.17, 15) is 9.59 Å². The van der Waals surface area contributed by atoms with Crippen molar-refractivity contribution in [3.05, 3.63) is 34.3 Å². The molecule has 90 valence electrons. The van der Waals surface area contributed by atoms with E-state index in [4.69, 9.17) is 0 Å². The molecule has 0 spiro atoms. The first-order chi connectivity index (χ1) is 8.13. The van der Waals surface area contributed by atoms with Crippen LogP contribution in [0.25, 0.3) is 0 Å². The van der Waals surface area contributed by atoms with Gasteiger partial charge in [0.2, 0.25) is 0 Å². The molecule has 0 radical (unpaired) electrons. The van der Waals surface area contributed by atoms with E-state index in [1.165, 1.54) is 6.21 Å². The predicted molar refractivity (Wildman–Crippen MR) is 66.5 cm³/mol. The van der Waals surface area contributed by atoms with Gasteiger partial charge in [0.1, 0.15) is 0 Å². The molecule has 0 bridgehead atoms. The Morgan fingerprint density at radius 1 is 1.53 bits per heavy atom. The van der Waals surface area contributed by atoms with Crippen molar-refractivity contribution in [2.24, 2.45) is 5.10 Å². The summed E-state index contributed by atoms with van der Waals surface area (Å²) in [4.78, 5) is 22.0. The van der Waals surface area contributed by atoms with Crippen LogP contribution in [0.15, 0.2) is 33.8 Å². The number of nitrogens with zero attached hydrogens (tertiary/aromatic N) is 1. The Morgan fingerprint density at radius 3 is 2.94 bits per heavy atom. The van der Waals surface area contributed by atoms with Crippen LogP contribution in [0.4, 0.5) is 0 Å². The van der Waals surface area contributed by atoms with Crippen LogP contribution in [-0.4, -0.2) is 24.7 Å². The van der Waals surface area contributed by atoms with Crippen molar-refractivity contribution in [3.8, 4) is 0 Å². The number of hydrogen-bond donors (Lipinski definition) is 1. The van der Waals surface area contributed by atoms with Crippen LogP contribution < -0.4 is 5.43 Å². The Balaban J connectivity index is 2.50. The highest BCUT2D eigenvalue weighted by Crippen LogP contribution is 2.09. The molecule has 0 aliphatic carbocycles. The molecule has 0 aliphatic heterocycles. The predicted octanol–water partition coefficient (Wildman–Crippen LogP) is 1.46. The van der Waals surface area contributed by atoms with Crippen molar-refractivity contribution in [2.75, 3.05) is 6.61 Å². The molecule has 6 heteroatoms. The Labute approximate surface area is 107 Å². The van der Waals surface area contributed by atoms with Crippen LogP contribution in [0.3, 0.4) is 0 Å². The summed E-state index contributed by atoms with van der Waals surface area (Å²) in [7, 11) is 0. The number of esters is 1. The molecule has 0 heterocycles. The monoisotopic (exact) mass is 298 g/mol. The second-order valence-electron chi connectivity index (χ2n) is 2.97. The molecule has 1 aromatic carbocycles. The van der Waals surface area contributed by atoms with E-state index < -0.39 is 11.9 Å². The first kappa shape index (κ1) is 13.4. The SMILES string of the molecule is CCOC(=O)C(=O)NN=Cc1cccc(Br)c1. The van der Waals surface area contributed by atoms with Crippen LogP contribution in [0.1, 0.15) is 12.5 Å². The van der Waals surface area contributed by atoms with Crippen molar-refractivity contribution in [2.45, 2.75) is 6.92 Å². The van der Waals surface area contributed by atoms with E-state index >= 15 is 0 Å². The molecule has 0 aliphatic rings. The molecule has 1 N–H and O–H groups in total. The van der Waals surface area contributed by atoms with Gasteiger partial charge in [0.15, 0.2) is 0 Å². The summed E-state index contributed by atoms with van der Waals surface area (Å²) >= 11 is 3.30. The summed E-state index contributed by atoms with van der Waals surface area (Å²) < 4.78 is 5.39. The number of amides is 1. The first-order valence-electron chi connectivity index (χ1n) is 4.89. The van der Waals surface area contributed by atoms with Gasteiger partial charge in [0, 0.05) is 4.47 Å². The van der Waals surface area contributed by atoms with Crippen molar-refractivity contribution in [1.29, 1.82) is 0 Å². The van der Waals surface area contributed by atoms with Gasteiger partial charge in [-0.15, -0.1) is 0 Å². The largest absolute Gasteiger partial charge is 0.459 e. The molecule has 5 nitrogen and oxygen atoms in total. The minimum Gasteiger partial charge on any atom is -0.459 e. The maximum atomic E-state index is 11.1. The first-order valence-corrected chi connectivity index (χ1v) is 5.68. The van der Waals surface area contributed by atoms with E-state index in [2.05, 4.69) is 31.2 Å². The van der Waals surface area contributed by atoms with Gasteiger partial charge in [-0.1, -0.05) is 28.1 Å². The number of benzene rings is 1. The normalized spacial score (nSPS) is 10.2. The quantitative estimate of drug-likeness (QED) is 0.398. The van der Waals surface area contributed by atoms with Crippen molar-refractivity contribution < 1.29 is 14.3 Å². The molecule has 0 atom stereocenters. The van der Waals surface area contributed by atoms with Crippen molar-refractivity contribution >= 4 is 34.0 Å². The summed E-state index contributed by atoms with van der Waals surface area (Å²) in [5.74, 6) is -1.84. The van der Waals surface area contributed by atoms with Crippen LogP contribution in [0, 0.1) is 0 Å². The van der Waals surface area contributed by atoms with Gasteiger partial charge in [-0.2, -0.15) is 5.10 Å². The number of hydrogen-bond acceptors (Lipinski definition) is 4. The van der Waals surface area contributed by atoms with Gasteiger partial charge in [0.05, 0.1) is 12.8 Å². The minimum atomic E-state index is -0.945. The molecule has 0 unspecified atom stereocenters. The number of ether oxygens (including phenoxy) is 1. The minimum absolute atomic E-state index is 0.154. The van der Waals surface area contributed by atoms with E-state index in [1.807, 2.05) is 24.3 Å². The Hall–Kier alpha value is -1.69. The van der Waals surface area contributed by atoms with Gasteiger partial charge in [0.25, 0.3) is 0 Å². The Bertz CT molecular complexity index is 446. The fourth-order valence-corrected chi connectivity index (χ4v) is 1.41. The second-order valence-corrected chi connectivity index (χ2v) is 3.89. The molecule has 0 saturated carbocycles. The lowest BCUT2D eigenvalue weighted by Gasteiger charge is -1.99. The van der Waals surface area contributed by atoms with Gasteiger partial charge in [-0.05, 0) is 24.6 Å². The van der Waals surface area contributed by atoms with E-state index in [0.29, 0.717) is 0 Å². The zero-order valence-corrected chi connectivity index (χ0v) is 10.7. The highest BCUT2D eigenvalue weighted by molar-refractivity contribution is 9.10. The molecule has 1 aromatic rings. The number of nitrogens with one attached hydrogen (secondary N) is 1. The third-order valence-electron chi connectivity index (χ3n) is 1.69. The third kappa shape index (κ3) is 4.78. The van der Waals surface area contributed by atoms with E-state index in [-0.39, 0.29) is 6.61 Å². The molecular formula is C11H11BrN2O3. The topological polar surface area (TPSA) is 67.8 Å². The molecular weight excluding hydrogens is 288 g/mol. The van der Waals surface area contributed by atoms with Crippen LogP contribution in [-0.2, 0) is 14.3 Å². The summed E-state index contributed by atoms with van der Waals surface area (Å²) in [5.41, 5.74) is 2.87. The second kappa shape index (κ2) is 6.80. The fourth-order valence-electron chi connectivity index (χ4n) is 0.995. The zero-order chi connectivity index (χ0) is 12.7. The lowest BCUT2D eigenvalue weighted by atomic mass is 10.2. The number of carbonyl (C=O) groups is 2. The smallest absolute Gasteiger partial charge is 0.398 e. The summed E-state index contributed by atoms with van der Waals surface area (Å²) in [6.07, 6.45) is 1.43. The van der Waals surface area contributed by atoms with Crippen LogP contribution in [0.2, 0.25) is 0 Å². The molecule has 17 heavy (non-hydrogen) atoms. The van der Waals surface area contributed by atoms with Crippen molar-refractivity contribution in [3.63, 3.8) is 0 Å². The van der Waals surface area contributed by atoms with Gasteiger partial charge in [-0.25, -0.2) is 10.2 Å². The summed E-state index contributed by atoms with van der Waals surface area (Å²) in [5, 5.41) is 3.64. The molecule has 1 rings (SSSR count). The Morgan fingerprint density at radius 2 is 2.29 bits per heavy atom. The lowest BCUT2D eigenvalue weighted by molar-refractivity contribution is -0.154. The zero-order valence-electron chi connectivity index (χ0n) is 9.14. The maximum Gasteiger partial charge on any atom is 0.398 e. The number of hydrazone groups is 1. The fraction of sp³-hybridized carbons (Fsp3) is 0.182. The van der Waals surface area contributed by atoms with Gasteiger partial charge < -0.3 is 4.74 Å². The molecule has 0 fully saturated rings. The van der Waals surface area contributed by atoms with Crippen LogP contribution >= 0.6 is 15.9 Å². The summed E-state index contributed by atoms with van der Waals surface area (Å²) in [6.45, 7) is 1.78. The molecule has 0 saturated heterocycles. The van der Waals surface area contributed by atoms with Gasteiger partial charge >= 0.3 is 11.9 Å². The number of halogens is 1. The highest BCUT2D eigenvalue weighted by Gasteiger charge is 2.12. The van der Waals surface area contributed by atoms with Crippen molar-refractivity contribution in [1.82, 2.24) is 5.43 Å². The van der Waals surface area contributed by atoms with Gasteiger partial charge in [-0.3, -0.25) is 4.79 Å².